The molecule has 4 bridgehead atoms. The Bertz CT molecular complexity index is 1400. The van der Waals surface area contributed by atoms with Crippen LogP contribution >= 0.6 is 0 Å². The minimum atomic E-state index is 0.218. The fourth-order valence-electron chi connectivity index (χ4n) is 8.91. The summed E-state index contributed by atoms with van der Waals surface area (Å²) in [4.78, 5) is 0. The van der Waals surface area contributed by atoms with Crippen LogP contribution in [-0.4, -0.2) is 0 Å². The number of rotatable bonds is 3. The van der Waals surface area contributed by atoms with Crippen molar-refractivity contribution in [2.24, 2.45) is 23.7 Å². The van der Waals surface area contributed by atoms with Gasteiger partial charge in [-0.1, -0.05) is 84.9 Å². The van der Waals surface area contributed by atoms with Gasteiger partial charge in [0.25, 0.3) is 0 Å². The van der Waals surface area contributed by atoms with Gasteiger partial charge in [-0.05, 0) is 90.2 Å². The van der Waals surface area contributed by atoms with Crippen molar-refractivity contribution in [2.45, 2.75) is 37.5 Å². The third-order valence-corrected chi connectivity index (χ3v) is 9.86. The Morgan fingerprint density at radius 3 is 1.89 bits per heavy atom. The summed E-state index contributed by atoms with van der Waals surface area (Å²) in [6, 6.07) is 36.0. The molecule has 0 heterocycles. The van der Waals surface area contributed by atoms with E-state index in [2.05, 4.69) is 102 Å². The average Bonchev–Trinajstić information content (AvgIpc) is 3.20. The van der Waals surface area contributed by atoms with Crippen LogP contribution < -0.4 is 5.32 Å². The zero-order chi connectivity index (χ0) is 23.0. The lowest BCUT2D eigenvalue weighted by Gasteiger charge is -2.61. The molecule has 1 heteroatoms. The Hall–Kier alpha value is -3.32. The van der Waals surface area contributed by atoms with Gasteiger partial charge in [0.05, 0.1) is 0 Å². The van der Waals surface area contributed by atoms with E-state index in [1.807, 2.05) is 0 Å². The third-order valence-electron chi connectivity index (χ3n) is 9.86. The van der Waals surface area contributed by atoms with Crippen LogP contribution in [0, 0.1) is 23.7 Å². The average molecular weight is 454 g/mol. The fourth-order valence-corrected chi connectivity index (χ4v) is 8.91. The standard InChI is InChI=1S/C34H31N/c1-2-9-24(10-3-1)27-11-5-7-15-31(27)35-32-16-8-14-30-33(32)28-12-4-6-13-29(28)34(30)25-18-22-17-23(20-25)21-26(34)19-22/h1-16,22-23,25-26,35H,17-21H2. The Labute approximate surface area is 208 Å². The first-order chi connectivity index (χ1) is 17.3. The van der Waals surface area contributed by atoms with Crippen molar-refractivity contribution >= 4 is 11.4 Å². The number of nitrogens with one attached hydrogen (secondary N) is 1. The normalized spacial score (nSPS) is 29.3. The van der Waals surface area contributed by atoms with Crippen molar-refractivity contribution in [3.05, 3.63) is 108 Å². The molecular weight excluding hydrogens is 422 g/mol. The van der Waals surface area contributed by atoms with E-state index in [1.165, 1.54) is 65.7 Å². The minimum absolute atomic E-state index is 0.218. The van der Waals surface area contributed by atoms with Crippen LogP contribution in [0.15, 0.2) is 97.1 Å². The van der Waals surface area contributed by atoms with E-state index in [0.717, 1.165) is 23.7 Å². The van der Waals surface area contributed by atoms with Crippen molar-refractivity contribution in [3.63, 3.8) is 0 Å². The molecule has 1 N–H and O–H groups in total. The van der Waals surface area contributed by atoms with Gasteiger partial charge < -0.3 is 5.32 Å². The molecule has 0 aromatic heterocycles. The number of benzene rings is 4. The highest BCUT2D eigenvalue weighted by Crippen LogP contribution is 2.70. The molecule has 1 spiro atoms. The molecule has 4 fully saturated rings. The van der Waals surface area contributed by atoms with E-state index in [4.69, 9.17) is 0 Å². The van der Waals surface area contributed by atoms with Crippen LogP contribution in [0.1, 0.15) is 43.2 Å². The summed E-state index contributed by atoms with van der Waals surface area (Å²) in [6.07, 6.45) is 7.20. The highest BCUT2D eigenvalue weighted by atomic mass is 14.9. The minimum Gasteiger partial charge on any atom is -0.355 e. The van der Waals surface area contributed by atoms with Crippen LogP contribution in [-0.2, 0) is 5.41 Å². The van der Waals surface area contributed by atoms with E-state index in [9.17, 15) is 0 Å². The van der Waals surface area contributed by atoms with Crippen LogP contribution in [0.4, 0.5) is 11.4 Å². The lowest BCUT2D eigenvalue weighted by Crippen LogP contribution is -2.55. The topological polar surface area (TPSA) is 12.0 Å². The first-order valence-electron chi connectivity index (χ1n) is 13.5. The van der Waals surface area contributed by atoms with Gasteiger partial charge in [0, 0.05) is 27.9 Å². The summed E-state index contributed by atoms with van der Waals surface area (Å²) >= 11 is 0. The zero-order valence-corrected chi connectivity index (χ0v) is 20.1. The first-order valence-corrected chi connectivity index (χ1v) is 13.5. The van der Waals surface area contributed by atoms with Crippen molar-refractivity contribution in [1.29, 1.82) is 0 Å². The molecular formula is C34H31N. The second-order valence-electron chi connectivity index (χ2n) is 11.5. The van der Waals surface area contributed by atoms with Crippen molar-refractivity contribution in [3.8, 4) is 22.3 Å². The zero-order valence-electron chi connectivity index (χ0n) is 20.1. The van der Waals surface area contributed by atoms with E-state index in [-0.39, 0.29) is 5.41 Å². The Morgan fingerprint density at radius 2 is 1.11 bits per heavy atom. The molecule has 0 amide bonds. The van der Waals surface area contributed by atoms with E-state index in [0.29, 0.717) is 0 Å². The van der Waals surface area contributed by atoms with E-state index in [1.54, 1.807) is 11.1 Å². The van der Waals surface area contributed by atoms with Crippen LogP contribution in [0.2, 0.25) is 0 Å². The number of anilines is 2. The number of para-hydroxylation sites is 1. The molecule has 4 aromatic carbocycles. The van der Waals surface area contributed by atoms with Gasteiger partial charge >= 0.3 is 0 Å². The summed E-state index contributed by atoms with van der Waals surface area (Å²) in [5.41, 5.74) is 11.3. The van der Waals surface area contributed by atoms with Gasteiger partial charge in [0.1, 0.15) is 0 Å². The second-order valence-corrected chi connectivity index (χ2v) is 11.5. The molecule has 0 saturated heterocycles. The van der Waals surface area contributed by atoms with Gasteiger partial charge in [-0.25, -0.2) is 0 Å². The van der Waals surface area contributed by atoms with E-state index < -0.39 is 0 Å². The largest absolute Gasteiger partial charge is 0.355 e. The molecule has 0 atom stereocenters. The molecule has 0 radical (unpaired) electrons. The monoisotopic (exact) mass is 453 g/mol. The Kier molecular flexibility index (Phi) is 4.18. The summed E-state index contributed by atoms with van der Waals surface area (Å²) in [7, 11) is 0. The van der Waals surface area contributed by atoms with Gasteiger partial charge in [-0.2, -0.15) is 0 Å². The SMILES string of the molecule is c1ccc(-c2ccccc2Nc2cccc3c2-c2ccccc2C32C3CC4CC(C3)CC2C4)cc1. The molecule has 4 aromatic rings. The summed E-state index contributed by atoms with van der Waals surface area (Å²) < 4.78 is 0. The molecule has 0 unspecified atom stereocenters. The highest BCUT2D eigenvalue weighted by molar-refractivity contribution is 5.93. The Morgan fingerprint density at radius 1 is 0.514 bits per heavy atom. The highest BCUT2D eigenvalue weighted by Gasteiger charge is 2.61. The summed E-state index contributed by atoms with van der Waals surface area (Å²) in [6.45, 7) is 0. The lowest BCUT2D eigenvalue weighted by molar-refractivity contribution is -0.0399. The maximum atomic E-state index is 3.92. The summed E-state index contributed by atoms with van der Waals surface area (Å²) in [5, 5.41) is 3.92. The second kappa shape index (κ2) is 7.34. The predicted molar refractivity (Wildman–Crippen MR) is 145 cm³/mol. The number of hydrogen-bond acceptors (Lipinski definition) is 1. The first kappa shape index (κ1) is 19.9. The quantitative estimate of drug-likeness (QED) is 0.327. The van der Waals surface area contributed by atoms with Crippen molar-refractivity contribution < 1.29 is 0 Å². The van der Waals surface area contributed by atoms with Crippen molar-refractivity contribution in [2.75, 3.05) is 5.32 Å². The number of hydrogen-bond donors (Lipinski definition) is 1. The molecule has 172 valence electrons. The van der Waals surface area contributed by atoms with Crippen LogP contribution in [0.5, 0.6) is 0 Å². The molecule has 9 rings (SSSR count). The molecule has 0 aliphatic heterocycles. The van der Waals surface area contributed by atoms with Gasteiger partial charge in [-0.15, -0.1) is 0 Å². The van der Waals surface area contributed by atoms with E-state index >= 15 is 0 Å². The molecule has 1 nitrogen and oxygen atoms in total. The van der Waals surface area contributed by atoms with Crippen molar-refractivity contribution in [1.82, 2.24) is 0 Å². The molecule has 4 saturated carbocycles. The maximum Gasteiger partial charge on any atom is 0.0467 e. The summed E-state index contributed by atoms with van der Waals surface area (Å²) in [5.74, 6) is 3.54. The Balaban J connectivity index is 1.31. The fraction of sp³-hybridized carbons (Fsp3) is 0.294. The maximum absolute atomic E-state index is 3.92. The predicted octanol–water partition coefficient (Wildman–Crippen LogP) is 8.82. The number of fused-ring (bicyclic) bond motifs is 3. The smallest absolute Gasteiger partial charge is 0.0467 e. The lowest BCUT2D eigenvalue weighted by atomic mass is 9.43. The third kappa shape index (κ3) is 2.70. The molecule has 5 aliphatic carbocycles. The molecule has 35 heavy (non-hydrogen) atoms. The van der Waals surface area contributed by atoms with Crippen LogP contribution in [0.25, 0.3) is 22.3 Å². The van der Waals surface area contributed by atoms with Gasteiger partial charge in [0.15, 0.2) is 0 Å². The van der Waals surface area contributed by atoms with Gasteiger partial charge in [0.2, 0.25) is 0 Å². The van der Waals surface area contributed by atoms with Crippen LogP contribution in [0.3, 0.4) is 0 Å². The van der Waals surface area contributed by atoms with Gasteiger partial charge in [-0.3, -0.25) is 0 Å². The molecule has 5 aliphatic rings.